The van der Waals surface area contributed by atoms with Crippen LogP contribution in [-0.2, 0) is 32.7 Å². The van der Waals surface area contributed by atoms with E-state index in [2.05, 4.69) is 67.8 Å². The number of aliphatic hydroxyl groups is 1. The lowest BCUT2D eigenvalue weighted by Gasteiger charge is -2.18. The van der Waals surface area contributed by atoms with Gasteiger partial charge in [0.25, 0.3) is 0 Å². The summed E-state index contributed by atoms with van der Waals surface area (Å²) in [5.41, 5.74) is 0. The van der Waals surface area contributed by atoms with Crippen LogP contribution in [0.1, 0.15) is 174 Å². The quantitative estimate of drug-likeness (QED) is 0.0203. The van der Waals surface area contributed by atoms with Gasteiger partial charge in [0.15, 0.2) is 6.04 Å². The summed E-state index contributed by atoms with van der Waals surface area (Å²) in [6, 6.07) is -1.56. The van der Waals surface area contributed by atoms with E-state index in [9.17, 15) is 34.1 Å². The molecule has 0 bridgehead atoms. The molecule has 0 spiro atoms. The summed E-state index contributed by atoms with van der Waals surface area (Å²) in [5.74, 6) is -2.42. The summed E-state index contributed by atoms with van der Waals surface area (Å²) >= 11 is 0. The number of carbonyl (C=O) groups excluding carboxylic acids is 2. The number of ether oxygens (including phenoxy) is 1. The molecule has 11 nitrogen and oxygen atoms in total. The maximum atomic E-state index is 12.2. The summed E-state index contributed by atoms with van der Waals surface area (Å²) in [5, 5.41) is 21.8. The van der Waals surface area contributed by atoms with Gasteiger partial charge in [-0.2, -0.15) is 0 Å². The van der Waals surface area contributed by atoms with E-state index in [-0.39, 0.29) is 12.8 Å². The molecule has 0 aliphatic rings. The van der Waals surface area contributed by atoms with Gasteiger partial charge in [-0.1, -0.05) is 140 Å². The fourth-order valence-electron chi connectivity index (χ4n) is 5.56. The fraction of sp³-hybridized carbons (Fsp3) is 0.744. The lowest BCUT2D eigenvalue weighted by Crippen LogP contribution is -2.43. The number of allylic oxidation sites excluding steroid dienone is 8. The molecule has 12 heteroatoms. The van der Waals surface area contributed by atoms with E-state index < -0.39 is 57.6 Å². The van der Waals surface area contributed by atoms with Gasteiger partial charge in [-0.25, -0.2) is 9.36 Å². The van der Waals surface area contributed by atoms with Crippen molar-refractivity contribution in [3.8, 4) is 0 Å². The van der Waals surface area contributed by atoms with E-state index >= 15 is 0 Å². The van der Waals surface area contributed by atoms with E-state index in [0.717, 1.165) is 64.2 Å². The lowest BCUT2D eigenvalue weighted by molar-refractivity contribution is -0.147. The van der Waals surface area contributed by atoms with Gasteiger partial charge in [-0.05, 0) is 70.6 Å². The van der Waals surface area contributed by atoms with E-state index in [4.69, 9.17) is 13.8 Å². The predicted octanol–water partition coefficient (Wildman–Crippen LogP) is 10.6. The van der Waals surface area contributed by atoms with Crippen LogP contribution < -0.4 is 5.32 Å². The van der Waals surface area contributed by atoms with E-state index in [1.807, 2.05) is 0 Å². The van der Waals surface area contributed by atoms with Gasteiger partial charge < -0.3 is 25.2 Å². The molecule has 0 saturated heterocycles. The molecule has 0 aliphatic carbocycles. The zero-order valence-electron chi connectivity index (χ0n) is 34.2. The highest BCUT2D eigenvalue weighted by Crippen LogP contribution is 2.43. The Labute approximate surface area is 333 Å². The minimum atomic E-state index is -4.76. The van der Waals surface area contributed by atoms with Crippen molar-refractivity contribution in [1.29, 1.82) is 0 Å². The summed E-state index contributed by atoms with van der Waals surface area (Å²) in [6.07, 6.45) is 41.5. The molecule has 3 atom stereocenters. The monoisotopic (exact) mass is 798 g/mol. The number of hydrogen-bond acceptors (Lipinski definition) is 8. The Bertz CT molecular complexity index is 1120. The van der Waals surface area contributed by atoms with Crippen LogP contribution >= 0.6 is 7.82 Å². The largest absolute Gasteiger partial charge is 0.480 e. The number of carboxylic acid groups (broad SMARTS) is 1. The molecule has 0 aromatic carbocycles. The number of unbranched alkanes of at least 4 members (excludes halogenated alkanes) is 17. The molecule has 3 unspecified atom stereocenters. The van der Waals surface area contributed by atoms with Gasteiger partial charge in [-0.15, -0.1) is 0 Å². The van der Waals surface area contributed by atoms with Gasteiger partial charge in [0.2, 0.25) is 5.91 Å². The first-order valence-corrected chi connectivity index (χ1v) is 22.7. The third kappa shape index (κ3) is 38.1. The number of hydrogen-bond donors (Lipinski definition) is 4. The third-order valence-corrected chi connectivity index (χ3v) is 9.80. The van der Waals surface area contributed by atoms with Crippen LogP contribution in [0.2, 0.25) is 0 Å². The van der Waals surface area contributed by atoms with Crippen molar-refractivity contribution in [3.63, 3.8) is 0 Å². The van der Waals surface area contributed by atoms with Crippen molar-refractivity contribution in [2.24, 2.45) is 0 Å². The number of phosphoric ester groups is 1. The van der Waals surface area contributed by atoms with Crippen molar-refractivity contribution in [2.45, 2.75) is 187 Å². The number of esters is 1. The average molecular weight is 798 g/mol. The molecule has 318 valence electrons. The summed E-state index contributed by atoms with van der Waals surface area (Å²) < 4.78 is 26.8. The first-order chi connectivity index (χ1) is 26.6. The van der Waals surface area contributed by atoms with E-state index in [1.165, 1.54) is 70.6 Å². The summed E-state index contributed by atoms with van der Waals surface area (Å²) in [7, 11) is -4.76. The zero-order chi connectivity index (χ0) is 40.7. The van der Waals surface area contributed by atoms with Crippen molar-refractivity contribution >= 4 is 25.7 Å². The molecule has 0 saturated carbocycles. The Hall–Kier alpha value is -2.56. The molecule has 0 aliphatic heterocycles. The molecular formula is C43H76NO10P. The summed E-state index contributed by atoms with van der Waals surface area (Å²) in [4.78, 5) is 45.8. The fourth-order valence-corrected chi connectivity index (χ4v) is 6.33. The first-order valence-electron chi connectivity index (χ1n) is 21.2. The van der Waals surface area contributed by atoms with Gasteiger partial charge >= 0.3 is 19.8 Å². The number of aliphatic carboxylic acids is 1. The molecule has 0 fully saturated rings. The SMILES string of the molecule is CC/C=C\C/C=C\C/C=C\CCCCCC(=O)NC(COP(=O)(O)OCC(O)COC(=O)CCCCCCCCC/C=C\CCCCCCCCC)C(=O)O. The summed E-state index contributed by atoms with van der Waals surface area (Å²) in [6.45, 7) is 2.44. The molecule has 55 heavy (non-hydrogen) atoms. The first kappa shape index (κ1) is 52.4. The third-order valence-electron chi connectivity index (χ3n) is 8.85. The molecule has 0 aromatic heterocycles. The number of amides is 1. The van der Waals surface area contributed by atoms with Gasteiger partial charge in [-0.3, -0.25) is 18.6 Å². The minimum Gasteiger partial charge on any atom is -0.480 e. The van der Waals surface area contributed by atoms with Crippen molar-refractivity contribution in [2.75, 3.05) is 19.8 Å². The van der Waals surface area contributed by atoms with E-state index in [0.29, 0.717) is 12.8 Å². The lowest BCUT2D eigenvalue weighted by atomic mass is 10.1. The molecule has 4 N–H and O–H groups in total. The highest BCUT2D eigenvalue weighted by molar-refractivity contribution is 7.47. The van der Waals surface area contributed by atoms with Crippen molar-refractivity contribution < 1.29 is 47.8 Å². The Morgan fingerprint density at radius 3 is 1.62 bits per heavy atom. The van der Waals surface area contributed by atoms with Crippen LogP contribution in [0.3, 0.4) is 0 Å². The highest BCUT2D eigenvalue weighted by atomic mass is 31.2. The molecular weight excluding hydrogens is 721 g/mol. The molecule has 0 heterocycles. The van der Waals surface area contributed by atoms with Gasteiger partial charge in [0.1, 0.15) is 12.7 Å². The second-order valence-corrected chi connectivity index (χ2v) is 15.6. The number of carboxylic acids is 1. The Morgan fingerprint density at radius 1 is 0.600 bits per heavy atom. The Kier molecular flexibility index (Phi) is 36.5. The molecule has 0 rings (SSSR count). The number of rotatable bonds is 39. The normalized spacial score (nSPS) is 14.3. The van der Waals surface area contributed by atoms with E-state index in [1.54, 1.807) is 0 Å². The number of carbonyl (C=O) groups is 3. The minimum absolute atomic E-state index is 0.109. The Morgan fingerprint density at radius 2 is 1.05 bits per heavy atom. The standard InChI is InChI=1S/C43H76NO10P/c1-3-5-7-9-11-13-15-17-18-19-20-21-23-25-27-29-31-33-35-42(47)52-36-39(45)37-53-55(50,51)54-38-40(43(48)49)44-41(46)34-32-30-28-26-24-22-16-14-12-10-8-6-4-2/h6,8,12,14,18-19,22,24,39-40,45H,3-5,7,9-11,13,15-17,20-21,23,25-38H2,1-2H3,(H,44,46)(H,48,49)(H,50,51)/b8-6-,14-12-,19-18-,24-22-. The smallest absolute Gasteiger partial charge is 0.472 e. The predicted molar refractivity (Wildman–Crippen MR) is 222 cm³/mol. The van der Waals surface area contributed by atoms with Crippen LogP contribution in [0.4, 0.5) is 0 Å². The highest BCUT2D eigenvalue weighted by Gasteiger charge is 2.28. The van der Waals surface area contributed by atoms with Gasteiger partial charge in [0.05, 0.1) is 13.2 Å². The van der Waals surface area contributed by atoms with Crippen LogP contribution in [0, 0.1) is 0 Å². The average Bonchev–Trinajstić information content (AvgIpc) is 3.16. The van der Waals surface area contributed by atoms with Crippen LogP contribution in [0.5, 0.6) is 0 Å². The van der Waals surface area contributed by atoms with Crippen LogP contribution in [0.15, 0.2) is 48.6 Å². The second-order valence-electron chi connectivity index (χ2n) is 14.1. The molecule has 1 amide bonds. The second kappa shape index (κ2) is 38.3. The maximum Gasteiger partial charge on any atom is 0.472 e. The Balaban J connectivity index is 3.93. The maximum absolute atomic E-state index is 12.2. The van der Waals surface area contributed by atoms with Crippen LogP contribution in [0.25, 0.3) is 0 Å². The number of aliphatic hydroxyl groups excluding tert-OH is 1. The molecule has 0 radical (unpaired) electrons. The molecule has 0 aromatic rings. The number of nitrogens with one attached hydrogen (secondary N) is 1. The van der Waals surface area contributed by atoms with Crippen LogP contribution in [-0.4, -0.2) is 64.9 Å². The van der Waals surface area contributed by atoms with Gasteiger partial charge in [0, 0.05) is 12.8 Å². The van der Waals surface area contributed by atoms with Crippen molar-refractivity contribution in [1.82, 2.24) is 5.32 Å². The zero-order valence-corrected chi connectivity index (χ0v) is 35.1. The topological polar surface area (TPSA) is 169 Å². The van der Waals surface area contributed by atoms with Crippen molar-refractivity contribution in [3.05, 3.63) is 48.6 Å². The number of phosphoric acid groups is 1.